The van der Waals surface area contributed by atoms with Gasteiger partial charge in [-0.25, -0.2) is 9.97 Å². The predicted molar refractivity (Wildman–Crippen MR) is 83.0 cm³/mol. The Bertz CT molecular complexity index is 633. The number of carbonyl (C=O) groups excluding carboxylic acids is 1. The maximum absolute atomic E-state index is 11.0. The van der Waals surface area contributed by atoms with Gasteiger partial charge in [0.1, 0.15) is 11.8 Å². The molecule has 21 heavy (non-hydrogen) atoms. The second-order valence-corrected chi connectivity index (χ2v) is 6.26. The van der Waals surface area contributed by atoms with Gasteiger partial charge in [0, 0.05) is 5.56 Å². The van der Waals surface area contributed by atoms with Gasteiger partial charge in [-0.3, -0.25) is 4.79 Å². The van der Waals surface area contributed by atoms with Crippen LogP contribution in [0.3, 0.4) is 0 Å². The normalized spacial score (nSPS) is 15.9. The molecule has 2 heterocycles. The zero-order valence-corrected chi connectivity index (χ0v) is 12.9. The number of hydrogen-bond donors (Lipinski definition) is 0. The number of aryl methyl sites for hydroxylation is 1. The highest BCUT2D eigenvalue weighted by molar-refractivity contribution is 7.13. The van der Waals surface area contributed by atoms with Crippen LogP contribution in [0.15, 0.2) is 17.6 Å². The number of carbonyl (C=O) groups is 1. The first-order valence-corrected chi connectivity index (χ1v) is 8.19. The lowest BCUT2D eigenvalue weighted by Gasteiger charge is -2.22. The van der Waals surface area contributed by atoms with Crippen molar-refractivity contribution >= 4 is 17.6 Å². The Balaban J connectivity index is 1.81. The molecule has 0 radical (unpaired) electrons. The zero-order chi connectivity index (χ0) is 14.7. The lowest BCUT2D eigenvalue weighted by Crippen LogP contribution is -2.20. The molecule has 1 fully saturated rings. The van der Waals surface area contributed by atoms with E-state index < -0.39 is 0 Å². The maximum atomic E-state index is 11.0. The molecular weight excluding hydrogens is 284 g/mol. The van der Waals surface area contributed by atoms with E-state index >= 15 is 0 Å². The van der Waals surface area contributed by atoms with Gasteiger partial charge in [-0.15, -0.1) is 11.3 Å². The minimum absolute atomic E-state index is 0.268. The summed E-state index contributed by atoms with van der Waals surface area (Å²) in [6, 6.07) is 1.80. The number of hydrogen-bond acceptors (Lipinski definition) is 5. The highest BCUT2D eigenvalue weighted by Crippen LogP contribution is 2.29. The van der Waals surface area contributed by atoms with E-state index in [2.05, 4.69) is 9.97 Å². The maximum Gasteiger partial charge on any atom is 0.235 e. The third kappa shape index (κ3) is 3.13. The number of thiophene rings is 1. The average Bonchev–Trinajstić information content (AvgIpc) is 2.99. The molecule has 2 aromatic heterocycles. The summed E-state index contributed by atoms with van der Waals surface area (Å²) in [4.78, 5) is 20.8. The molecule has 0 aliphatic heterocycles. The molecule has 3 rings (SSSR count). The fourth-order valence-corrected chi connectivity index (χ4v) is 3.48. The number of ether oxygens (including phenoxy) is 1. The van der Waals surface area contributed by atoms with E-state index in [4.69, 9.17) is 4.74 Å². The third-order valence-corrected chi connectivity index (χ3v) is 4.74. The van der Waals surface area contributed by atoms with Gasteiger partial charge in [0.25, 0.3) is 0 Å². The Morgan fingerprint density at radius 1 is 1.33 bits per heavy atom. The predicted octanol–water partition coefficient (Wildman–Crippen LogP) is 4.04. The number of aromatic nitrogens is 2. The fourth-order valence-electron chi connectivity index (χ4n) is 2.66. The van der Waals surface area contributed by atoms with Gasteiger partial charge in [0.2, 0.25) is 5.88 Å². The van der Waals surface area contributed by atoms with E-state index in [1.54, 1.807) is 12.3 Å². The molecular formula is C16H18N2O2S. The third-order valence-electron chi connectivity index (χ3n) is 3.79. The first-order chi connectivity index (χ1) is 10.3. The van der Waals surface area contributed by atoms with Crippen molar-refractivity contribution < 1.29 is 9.53 Å². The van der Waals surface area contributed by atoms with Gasteiger partial charge in [0.15, 0.2) is 6.29 Å². The topological polar surface area (TPSA) is 52.1 Å². The summed E-state index contributed by atoms with van der Waals surface area (Å²) in [5.41, 5.74) is 2.18. The summed E-state index contributed by atoms with van der Waals surface area (Å²) >= 11 is 1.50. The van der Waals surface area contributed by atoms with E-state index in [0.29, 0.717) is 11.4 Å². The van der Waals surface area contributed by atoms with Gasteiger partial charge in [-0.2, -0.15) is 0 Å². The molecule has 0 amide bonds. The van der Waals surface area contributed by atoms with Crippen molar-refractivity contribution in [3.63, 3.8) is 0 Å². The molecule has 1 aliphatic rings. The number of rotatable bonds is 4. The summed E-state index contributed by atoms with van der Waals surface area (Å²) in [7, 11) is 0. The van der Waals surface area contributed by atoms with Crippen LogP contribution in [-0.2, 0) is 0 Å². The second kappa shape index (κ2) is 6.35. The van der Waals surface area contributed by atoms with Gasteiger partial charge in [-0.05, 0) is 44.1 Å². The van der Waals surface area contributed by atoms with Crippen LogP contribution in [0, 0.1) is 6.92 Å². The first-order valence-electron chi connectivity index (χ1n) is 7.31. The summed E-state index contributed by atoms with van der Waals surface area (Å²) in [5.74, 6) is 0.620. The number of aldehydes is 1. The highest BCUT2D eigenvalue weighted by Gasteiger charge is 2.18. The molecule has 0 spiro atoms. The quantitative estimate of drug-likeness (QED) is 0.800. The van der Waals surface area contributed by atoms with Crippen LogP contribution in [0.2, 0.25) is 0 Å². The molecule has 0 saturated heterocycles. The standard InChI is InChI=1S/C16H18N2O2S/c1-11-16(20-13-5-3-2-4-6-13)17-9-14(18-11)15-12(10-19)7-8-21-15/h7-10,13H,2-6H2,1H3. The Labute approximate surface area is 128 Å². The van der Waals surface area contributed by atoms with Gasteiger partial charge >= 0.3 is 0 Å². The van der Waals surface area contributed by atoms with E-state index in [9.17, 15) is 4.79 Å². The van der Waals surface area contributed by atoms with Crippen molar-refractivity contribution in [2.45, 2.75) is 45.1 Å². The average molecular weight is 302 g/mol. The monoisotopic (exact) mass is 302 g/mol. The van der Waals surface area contributed by atoms with E-state index in [0.717, 1.165) is 35.4 Å². The largest absolute Gasteiger partial charge is 0.473 e. The molecule has 1 saturated carbocycles. The molecule has 0 bridgehead atoms. The second-order valence-electron chi connectivity index (χ2n) is 5.35. The van der Waals surface area contributed by atoms with Crippen LogP contribution in [0.1, 0.15) is 48.2 Å². The zero-order valence-electron chi connectivity index (χ0n) is 12.0. The Morgan fingerprint density at radius 3 is 2.86 bits per heavy atom. The molecule has 0 N–H and O–H groups in total. The van der Waals surface area contributed by atoms with Crippen molar-refractivity contribution in [3.8, 4) is 16.5 Å². The molecule has 2 aromatic rings. The van der Waals surface area contributed by atoms with Crippen molar-refractivity contribution in [1.29, 1.82) is 0 Å². The first kappa shape index (κ1) is 14.2. The smallest absolute Gasteiger partial charge is 0.235 e. The lowest BCUT2D eigenvalue weighted by molar-refractivity contribution is 0.112. The SMILES string of the molecule is Cc1nc(-c2sccc2C=O)cnc1OC1CCCCC1. The van der Waals surface area contributed by atoms with Crippen LogP contribution < -0.4 is 4.74 Å². The van der Waals surface area contributed by atoms with Gasteiger partial charge < -0.3 is 4.74 Å². The highest BCUT2D eigenvalue weighted by atomic mass is 32.1. The minimum atomic E-state index is 0.268. The summed E-state index contributed by atoms with van der Waals surface area (Å²) in [6.45, 7) is 1.91. The number of nitrogens with zero attached hydrogens (tertiary/aromatic N) is 2. The molecule has 5 heteroatoms. The molecule has 0 aromatic carbocycles. The molecule has 110 valence electrons. The molecule has 0 unspecified atom stereocenters. The van der Waals surface area contributed by atoms with Crippen LogP contribution in [0.4, 0.5) is 0 Å². The fraction of sp³-hybridized carbons (Fsp3) is 0.438. The molecule has 1 aliphatic carbocycles. The minimum Gasteiger partial charge on any atom is -0.473 e. The van der Waals surface area contributed by atoms with Crippen LogP contribution in [0.5, 0.6) is 5.88 Å². The van der Waals surface area contributed by atoms with Gasteiger partial charge in [-0.1, -0.05) is 6.42 Å². The van der Waals surface area contributed by atoms with E-state index in [-0.39, 0.29) is 6.10 Å². The van der Waals surface area contributed by atoms with Crippen LogP contribution >= 0.6 is 11.3 Å². The summed E-state index contributed by atoms with van der Waals surface area (Å²) in [6.07, 6.45) is 8.78. The van der Waals surface area contributed by atoms with Crippen molar-refractivity contribution in [1.82, 2.24) is 9.97 Å². The van der Waals surface area contributed by atoms with Crippen LogP contribution in [0.25, 0.3) is 10.6 Å². The van der Waals surface area contributed by atoms with E-state index in [1.165, 1.54) is 30.6 Å². The van der Waals surface area contributed by atoms with Crippen molar-refractivity contribution in [2.24, 2.45) is 0 Å². The summed E-state index contributed by atoms with van der Waals surface area (Å²) < 4.78 is 5.98. The lowest BCUT2D eigenvalue weighted by atomic mass is 9.98. The van der Waals surface area contributed by atoms with E-state index in [1.807, 2.05) is 12.3 Å². The summed E-state index contributed by atoms with van der Waals surface area (Å²) in [5, 5.41) is 1.89. The Morgan fingerprint density at radius 2 is 2.14 bits per heavy atom. The van der Waals surface area contributed by atoms with Crippen LogP contribution in [-0.4, -0.2) is 22.4 Å². The van der Waals surface area contributed by atoms with Crippen molar-refractivity contribution in [3.05, 3.63) is 28.9 Å². The Kier molecular flexibility index (Phi) is 4.29. The van der Waals surface area contributed by atoms with Crippen molar-refractivity contribution in [2.75, 3.05) is 0 Å². The van der Waals surface area contributed by atoms with Gasteiger partial charge in [0.05, 0.1) is 16.8 Å². The molecule has 0 atom stereocenters. The molecule has 4 nitrogen and oxygen atoms in total. The Hall–Kier alpha value is -1.75.